The maximum absolute atomic E-state index is 13.0. The van der Waals surface area contributed by atoms with E-state index in [1.54, 1.807) is 30.8 Å². The summed E-state index contributed by atoms with van der Waals surface area (Å²) in [5.74, 6) is 0.602. The predicted molar refractivity (Wildman–Crippen MR) is 133 cm³/mol. The number of halogens is 1. The molecule has 1 amide bonds. The molecule has 0 saturated carbocycles. The average molecular weight is 482 g/mol. The van der Waals surface area contributed by atoms with Gasteiger partial charge in [-0.25, -0.2) is 9.37 Å². The van der Waals surface area contributed by atoms with Crippen LogP contribution in [0.2, 0.25) is 0 Å². The number of hydrogen-bond acceptors (Lipinski definition) is 5. The van der Waals surface area contributed by atoms with E-state index in [0.717, 1.165) is 10.5 Å². The van der Waals surface area contributed by atoms with E-state index in [-0.39, 0.29) is 17.3 Å². The van der Waals surface area contributed by atoms with Gasteiger partial charge in [0.15, 0.2) is 0 Å². The van der Waals surface area contributed by atoms with Crippen molar-refractivity contribution in [3.63, 3.8) is 0 Å². The summed E-state index contributed by atoms with van der Waals surface area (Å²) in [6.45, 7) is 6.30. The maximum atomic E-state index is 13.0. The highest BCUT2D eigenvalue weighted by Gasteiger charge is 2.19. The summed E-state index contributed by atoms with van der Waals surface area (Å²) < 4.78 is 13.0. The number of thiophene rings is 1. The van der Waals surface area contributed by atoms with E-state index < -0.39 is 0 Å². The van der Waals surface area contributed by atoms with Gasteiger partial charge < -0.3 is 10.3 Å². The number of H-pyrrole nitrogens is 1. The van der Waals surface area contributed by atoms with Gasteiger partial charge in [0, 0.05) is 11.4 Å². The highest BCUT2D eigenvalue weighted by atomic mass is 32.2. The molecule has 0 spiro atoms. The third-order valence-corrected chi connectivity index (χ3v) is 7.73. The summed E-state index contributed by atoms with van der Waals surface area (Å²) in [6.07, 6.45) is 0.592. The Morgan fingerprint density at radius 2 is 1.91 bits per heavy atom. The summed E-state index contributed by atoms with van der Waals surface area (Å²) in [6, 6.07) is 12.5. The first-order valence-electron chi connectivity index (χ1n) is 10.6. The SMILES string of the molecule is Cc1ccc(C)c(SCc2nc3sc(C(=O)NCCc4ccc(F)cc4)c(C)c3c(=O)[nH]2)c1. The first-order chi connectivity index (χ1) is 15.8. The minimum Gasteiger partial charge on any atom is -0.351 e. The number of aromatic amines is 1. The lowest BCUT2D eigenvalue weighted by molar-refractivity contribution is 0.0957. The van der Waals surface area contributed by atoms with Crippen LogP contribution >= 0.6 is 23.1 Å². The number of nitrogens with one attached hydrogen (secondary N) is 2. The molecule has 0 unspecified atom stereocenters. The van der Waals surface area contributed by atoms with Gasteiger partial charge in [0.05, 0.1) is 16.0 Å². The Balaban J connectivity index is 1.48. The van der Waals surface area contributed by atoms with Crippen molar-refractivity contribution >= 4 is 39.2 Å². The molecule has 4 rings (SSSR count). The smallest absolute Gasteiger partial charge is 0.261 e. The topological polar surface area (TPSA) is 74.8 Å². The van der Waals surface area contributed by atoms with Crippen molar-refractivity contribution in [3.8, 4) is 0 Å². The zero-order valence-electron chi connectivity index (χ0n) is 18.6. The number of hydrogen-bond donors (Lipinski definition) is 2. The first kappa shape index (κ1) is 23.2. The standard InChI is InChI=1S/C25H24FN3O2S2/c1-14-4-5-15(2)19(12-14)32-13-20-28-23(30)21-16(3)22(33-25(21)29-20)24(31)27-11-10-17-6-8-18(26)9-7-17/h4-9,12H,10-11,13H2,1-3H3,(H,27,31)(H,28,29,30). The molecule has 4 aromatic rings. The number of aryl methyl sites for hydroxylation is 3. The second-order valence-corrected chi connectivity index (χ2v) is 9.96. The maximum Gasteiger partial charge on any atom is 0.261 e. The first-order valence-corrected chi connectivity index (χ1v) is 12.4. The Labute approximate surface area is 199 Å². The van der Waals surface area contributed by atoms with Crippen molar-refractivity contribution in [1.29, 1.82) is 0 Å². The molecule has 0 aliphatic heterocycles. The summed E-state index contributed by atoms with van der Waals surface area (Å²) in [5, 5.41) is 3.35. The number of nitrogens with zero attached hydrogens (tertiary/aromatic N) is 1. The largest absolute Gasteiger partial charge is 0.351 e. The van der Waals surface area contributed by atoms with E-state index in [9.17, 15) is 14.0 Å². The lowest BCUT2D eigenvalue weighted by Gasteiger charge is -2.06. The molecule has 0 aliphatic rings. The van der Waals surface area contributed by atoms with Gasteiger partial charge in [-0.05, 0) is 62.1 Å². The highest BCUT2D eigenvalue weighted by Crippen LogP contribution is 2.29. The lowest BCUT2D eigenvalue weighted by atomic mass is 10.1. The van der Waals surface area contributed by atoms with E-state index in [4.69, 9.17) is 0 Å². The molecule has 0 atom stereocenters. The zero-order valence-corrected chi connectivity index (χ0v) is 20.3. The van der Waals surface area contributed by atoms with Crippen LogP contribution in [0.4, 0.5) is 4.39 Å². The highest BCUT2D eigenvalue weighted by molar-refractivity contribution is 7.98. The molecule has 2 aromatic heterocycles. The van der Waals surface area contributed by atoms with Gasteiger partial charge in [0.2, 0.25) is 0 Å². The second kappa shape index (κ2) is 9.89. The van der Waals surface area contributed by atoms with Gasteiger partial charge >= 0.3 is 0 Å². The quantitative estimate of drug-likeness (QED) is 0.351. The Kier molecular flexibility index (Phi) is 6.95. The molecule has 170 valence electrons. The van der Waals surface area contributed by atoms with Gasteiger partial charge in [0.1, 0.15) is 16.5 Å². The van der Waals surface area contributed by atoms with Crippen molar-refractivity contribution in [3.05, 3.63) is 91.6 Å². The van der Waals surface area contributed by atoms with Gasteiger partial charge in [-0.1, -0.05) is 29.8 Å². The monoisotopic (exact) mass is 481 g/mol. The fourth-order valence-corrected chi connectivity index (χ4v) is 5.64. The Hall–Kier alpha value is -2.97. The molecule has 0 radical (unpaired) electrons. The van der Waals surface area contributed by atoms with Gasteiger partial charge in [0.25, 0.3) is 11.5 Å². The van der Waals surface area contributed by atoms with Crippen LogP contribution in [0.3, 0.4) is 0 Å². The number of carbonyl (C=O) groups excluding carboxylic acids is 1. The van der Waals surface area contributed by atoms with Crippen LogP contribution in [0.15, 0.2) is 52.2 Å². The molecule has 2 heterocycles. The predicted octanol–water partition coefficient (Wildman–Crippen LogP) is 5.31. The molecule has 5 nitrogen and oxygen atoms in total. The molecule has 0 bridgehead atoms. The van der Waals surface area contributed by atoms with Gasteiger partial charge in [-0.15, -0.1) is 23.1 Å². The van der Waals surface area contributed by atoms with Crippen LogP contribution in [0.5, 0.6) is 0 Å². The minimum atomic E-state index is -0.284. The summed E-state index contributed by atoms with van der Waals surface area (Å²) >= 11 is 2.86. The molecule has 0 saturated heterocycles. The van der Waals surface area contributed by atoms with E-state index in [2.05, 4.69) is 47.3 Å². The third kappa shape index (κ3) is 5.34. The normalized spacial score (nSPS) is 11.2. The van der Waals surface area contributed by atoms with Crippen LogP contribution in [0.1, 0.15) is 37.7 Å². The fourth-order valence-electron chi connectivity index (χ4n) is 3.53. The fraction of sp³-hybridized carbons (Fsp3) is 0.240. The van der Waals surface area contributed by atoms with Crippen molar-refractivity contribution in [2.75, 3.05) is 6.54 Å². The number of thioether (sulfide) groups is 1. The van der Waals surface area contributed by atoms with E-state index in [0.29, 0.717) is 45.2 Å². The Morgan fingerprint density at radius 3 is 2.67 bits per heavy atom. The molecule has 0 aliphatic carbocycles. The number of fused-ring (bicyclic) bond motifs is 1. The van der Waals surface area contributed by atoms with Gasteiger partial charge in [-0.3, -0.25) is 9.59 Å². The third-order valence-electron chi connectivity index (χ3n) is 5.38. The van der Waals surface area contributed by atoms with E-state index in [1.165, 1.54) is 34.6 Å². The summed E-state index contributed by atoms with van der Waals surface area (Å²) in [4.78, 5) is 35.2. The lowest BCUT2D eigenvalue weighted by Crippen LogP contribution is -2.25. The number of aromatic nitrogens is 2. The second-order valence-electron chi connectivity index (χ2n) is 7.94. The molecule has 8 heteroatoms. The number of benzene rings is 2. The minimum absolute atomic E-state index is 0.226. The van der Waals surface area contributed by atoms with E-state index in [1.807, 2.05) is 0 Å². The van der Waals surface area contributed by atoms with Crippen molar-refractivity contribution in [1.82, 2.24) is 15.3 Å². The number of rotatable bonds is 7. The van der Waals surface area contributed by atoms with Crippen LogP contribution in [-0.4, -0.2) is 22.4 Å². The molecule has 2 N–H and O–H groups in total. The summed E-state index contributed by atoms with van der Waals surface area (Å²) in [5.41, 5.74) is 3.71. The van der Waals surface area contributed by atoms with Crippen molar-refractivity contribution in [2.45, 2.75) is 37.8 Å². The van der Waals surface area contributed by atoms with Crippen molar-refractivity contribution in [2.24, 2.45) is 0 Å². The molecular weight excluding hydrogens is 457 g/mol. The van der Waals surface area contributed by atoms with Crippen LogP contribution in [0.25, 0.3) is 10.2 Å². The van der Waals surface area contributed by atoms with Gasteiger partial charge in [-0.2, -0.15) is 0 Å². The average Bonchev–Trinajstić information content (AvgIpc) is 3.12. The molecular formula is C25H24FN3O2S2. The zero-order chi connectivity index (χ0) is 23.5. The van der Waals surface area contributed by atoms with Crippen LogP contribution in [-0.2, 0) is 12.2 Å². The Morgan fingerprint density at radius 1 is 1.15 bits per heavy atom. The number of carbonyl (C=O) groups is 1. The number of amides is 1. The summed E-state index contributed by atoms with van der Waals surface area (Å²) in [7, 11) is 0. The molecule has 0 fully saturated rings. The molecule has 2 aromatic carbocycles. The Bertz CT molecular complexity index is 1380. The van der Waals surface area contributed by atoms with E-state index >= 15 is 0 Å². The van der Waals surface area contributed by atoms with Crippen LogP contribution < -0.4 is 10.9 Å². The molecule has 33 heavy (non-hydrogen) atoms. The van der Waals surface area contributed by atoms with Crippen LogP contribution in [0, 0.1) is 26.6 Å². The van der Waals surface area contributed by atoms with Crippen molar-refractivity contribution < 1.29 is 9.18 Å².